The fourth-order valence-electron chi connectivity index (χ4n) is 2.89. The van der Waals surface area contributed by atoms with Gasteiger partial charge in [0.2, 0.25) is 0 Å². The third-order valence-electron chi connectivity index (χ3n) is 4.53. The second kappa shape index (κ2) is 7.74. The summed E-state index contributed by atoms with van der Waals surface area (Å²) in [6.07, 6.45) is 3.98. The number of halogens is 1. The monoisotopic (exact) mass is 359 g/mol. The number of pyridine rings is 1. The van der Waals surface area contributed by atoms with Crippen LogP contribution in [0.3, 0.4) is 0 Å². The van der Waals surface area contributed by atoms with Gasteiger partial charge in [-0.25, -0.2) is 4.98 Å². The maximum Gasteiger partial charge on any atom is 0.257 e. The van der Waals surface area contributed by atoms with Crippen LogP contribution in [0.4, 0.5) is 11.5 Å². The largest absolute Gasteiger partial charge is 0.495 e. The van der Waals surface area contributed by atoms with E-state index in [1.165, 1.54) is 12.8 Å². The molecule has 0 radical (unpaired) electrons. The van der Waals surface area contributed by atoms with Gasteiger partial charge in [0.05, 0.1) is 17.7 Å². The molecule has 6 heteroatoms. The van der Waals surface area contributed by atoms with Crippen LogP contribution < -0.4 is 15.0 Å². The van der Waals surface area contributed by atoms with Crippen LogP contribution in [0, 0.1) is 5.92 Å². The van der Waals surface area contributed by atoms with Crippen molar-refractivity contribution >= 4 is 29.0 Å². The third-order valence-corrected chi connectivity index (χ3v) is 4.82. The fourth-order valence-corrected chi connectivity index (χ4v) is 3.15. The highest BCUT2D eigenvalue weighted by molar-refractivity contribution is 6.32. The van der Waals surface area contributed by atoms with E-state index < -0.39 is 0 Å². The van der Waals surface area contributed by atoms with Gasteiger partial charge in [-0.2, -0.15) is 0 Å². The Morgan fingerprint density at radius 1 is 1.28 bits per heavy atom. The summed E-state index contributed by atoms with van der Waals surface area (Å²) >= 11 is 6.08. The average molecular weight is 360 g/mol. The van der Waals surface area contributed by atoms with Gasteiger partial charge in [0.1, 0.15) is 11.6 Å². The number of hydrogen-bond acceptors (Lipinski definition) is 4. The van der Waals surface area contributed by atoms with Crippen LogP contribution in [-0.4, -0.2) is 31.1 Å². The molecule has 1 aromatic heterocycles. The summed E-state index contributed by atoms with van der Waals surface area (Å²) < 4.78 is 5.11. The summed E-state index contributed by atoms with van der Waals surface area (Å²) in [6, 6.07) is 8.84. The summed E-state index contributed by atoms with van der Waals surface area (Å²) in [4.78, 5) is 19.1. The van der Waals surface area contributed by atoms with Crippen molar-refractivity contribution in [1.82, 2.24) is 4.98 Å². The number of rotatable bonds is 4. The molecule has 1 aromatic carbocycles. The summed E-state index contributed by atoms with van der Waals surface area (Å²) in [7, 11) is 1.55. The molecule has 0 aliphatic carbocycles. The number of amides is 1. The van der Waals surface area contributed by atoms with E-state index in [4.69, 9.17) is 16.3 Å². The predicted molar refractivity (Wildman–Crippen MR) is 101 cm³/mol. The average Bonchev–Trinajstić information content (AvgIpc) is 2.63. The van der Waals surface area contributed by atoms with E-state index in [-0.39, 0.29) is 5.91 Å². The van der Waals surface area contributed by atoms with Crippen molar-refractivity contribution in [3.05, 3.63) is 47.1 Å². The lowest BCUT2D eigenvalue weighted by Crippen LogP contribution is -2.33. The molecule has 0 saturated carbocycles. The van der Waals surface area contributed by atoms with Crippen molar-refractivity contribution < 1.29 is 9.53 Å². The smallest absolute Gasteiger partial charge is 0.257 e. The molecule has 2 aromatic rings. The van der Waals surface area contributed by atoms with E-state index in [0.29, 0.717) is 22.0 Å². The zero-order valence-corrected chi connectivity index (χ0v) is 15.2. The molecule has 0 spiro atoms. The Labute approximate surface area is 153 Å². The molecule has 2 heterocycles. The molecule has 1 N–H and O–H groups in total. The Balaban J connectivity index is 1.65. The van der Waals surface area contributed by atoms with Crippen molar-refractivity contribution in [3.8, 4) is 5.75 Å². The van der Waals surface area contributed by atoms with Crippen molar-refractivity contribution in [3.63, 3.8) is 0 Å². The maximum atomic E-state index is 12.4. The van der Waals surface area contributed by atoms with Gasteiger partial charge in [-0.3, -0.25) is 4.79 Å². The van der Waals surface area contributed by atoms with Crippen LogP contribution in [0.25, 0.3) is 0 Å². The first-order chi connectivity index (χ1) is 12.1. The molecule has 25 heavy (non-hydrogen) atoms. The maximum absolute atomic E-state index is 12.4. The quantitative estimate of drug-likeness (QED) is 0.887. The van der Waals surface area contributed by atoms with Crippen LogP contribution in [0.1, 0.15) is 30.1 Å². The third kappa shape index (κ3) is 4.23. The SMILES string of the molecule is COc1ccc(NC(=O)c2ccc(N3CCC(C)CC3)nc2)cc1Cl. The number of nitrogens with one attached hydrogen (secondary N) is 1. The van der Waals surface area contributed by atoms with Gasteiger partial charge in [0.15, 0.2) is 0 Å². The van der Waals surface area contributed by atoms with E-state index in [1.807, 2.05) is 6.07 Å². The lowest BCUT2D eigenvalue weighted by Gasteiger charge is -2.31. The molecule has 0 unspecified atom stereocenters. The number of carbonyl (C=O) groups is 1. The highest BCUT2D eigenvalue weighted by Crippen LogP contribution is 2.27. The standard InChI is InChI=1S/C19H22ClN3O2/c1-13-7-9-23(10-8-13)18-6-3-14(12-21-18)19(24)22-15-4-5-17(25-2)16(20)11-15/h3-6,11-13H,7-10H2,1-2H3,(H,22,24). The highest BCUT2D eigenvalue weighted by atomic mass is 35.5. The Hall–Kier alpha value is -2.27. The lowest BCUT2D eigenvalue weighted by atomic mass is 9.99. The number of benzene rings is 1. The van der Waals surface area contributed by atoms with Gasteiger partial charge in [-0.05, 0) is 49.1 Å². The van der Waals surface area contributed by atoms with Gasteiger partial charge in [0, 0.05) is 25.0 Å². The second-order valence-corrected chi connectivity index (χ2v) is 6.79. The van der Waals surface area contributed by atoms with Gasteiger partial charge >= 0.3 is 0 Å². The number of ether oxygens (including phenoxy) is 1. The summed E-state index contributed by atoms with van der Waals surface area (Å²) in [5.74, 6) is 2.06. The molecule has 0 atom stereocenters. The zero-order chi connectivity index (χ0) is 17.8. The van der Waals surface area contributed by atoms with Gasteiger partial charge < -0.3 is 15.0 Å². The summed E-state index contributed by atoms with van der Waals surface area (Å²) in [5, 5.41) is 3.27. The molecular weight excluding hydrogens is 338 g/mol. The second-order valence-electron chi connectivity index (χ2n) is 6.38. The van der Waals surface area contributed by atoms with Crippen molar-refractivity contribution in [2.75, 3.05) is 30.4 Å². The van der Waals surface area contributed by atoms with Crippen LogP contribution in [-0.2, 0) is 0 Å². The lowest BCUT2D eigenvalue weighted by molar-refractivity contribution is 0.102. The fraction of sp³-hybridized carbons (Fsp3) is 0.368. The zero-order valence-electron chi connectivity index (χ0n) is 14.5. The molecule has 0 bridgehead atoms. The van der Waals surface area contributed by atoms with Gasteiger partial charge in [-0.15, -0.1) is 0 Å². The van der Waals surface area contributed by atoms with E-state index >= 15 is 0 Å². The Bertz CT molecular complexity index is 741. The van der Waals surface area contributed by atoms with Gasteiger partial charge in [-0.1, -0.05) is 18.5 Å². The highest BCUT2D eigenvalue weighted by Gasteiger charge is 2.17. The molecule has 5 nitrogen and oxygen atoms in total. The minimum Gasteiger partial charge on any atom is -0.495 e. The van der Waals surface area contributed by atoms with Crippen LogP contribution in [0.2, 0.25) is 5.02 Å². The number of anilines is 2. The van der Waals surface area contributed by atoms with Crippen LogP contribution >= 0.6 is 11.6 Å². The number of nitrogens with zero attached hydrogens (tertiary/aromatic N) is 2. The van der Waals surface area contributed by atoms with Crippen molar-refractivity contribution in [2.24, 2.45) is 5.92 Å². The van der Waals surface area contributed by atoms with Crippen molar-refractivity contribution in [1.29, 1.82) is 0 Å². The Morgan fingerprint density at radius 2 is 2.04 bits per heavy atom. The molecule has 1 amide bonds. The first-order valence-corrected chi connectivity index (χ1v) is 8.80. The number of aromatic nitrogens is 1. The molecular formula is C19H22ClN3O2. The first kappa shape index (κ1) is 17.5. The van der Waals surface area contributed by atoms with Gasteiger partial charge in [0.25, 0.3) is 5.91 Å². The first-order valence-electron chi connectivity index (χ1n) is 8.42. The normalized spacial score (nSPS) is 15.1. The molecule has 1 saturated heterocycles. The van der Waals surface area contributed by atoms with E-state index in [0.717, 1.165) is 24.8 Å². The molecule has 1 fully saturated rings. The van der Waals surface area contributed by atoms with Crippen LogP contribution in [0.5, 0.6) is 5.75 Å². The Morgan fingerprint density at radius 3 is 2.64 bits per heavy atom. The Kier molecular flexibility index (Phi) is 5.43. The molecule has 1 aliphatic heterocycles. The topological polar surface area (TPSA) is 54.5 Å². The summed E-state index contributed by atoms with van der Waals surface area (Å²) in [5.41, 5.74) is 1.13. The van der Waals surface area contributed by atoms with E-state index in [2.05, 4.69) is 22.1 Å². The van der Waals surface area contributed by atoms with Crippen LogP contribution in [0.15, 0.2) is 36.5 Å². The number of carbonyl (C=O) groups excluding carboxylic acids is 1. The molecule has 132 valence electrons. The summed E-state index contributed by atoms with van der Waals surface area (Å²) in [6.45, 7) is 4.32. The number of piperidine rings is 1. The molecule has 3 rings (SSSR count). The molecule has 1 aliphatic rings. The van der Waals surface area contributed by atoms with E-state index in [1.54, 1.807) is 37.6 Å². The minimum absolute atomic E-state index is 0.215. The predicted octanol–water partition coefficient (Wildman–Crippen LogP) is 4.23. The van der Waals surface area contributed by atoms with Crippen molar-refractivity contribution in [2.45, 2.75) is 19.8 Å². The number of methoxy groups -OCH3 is 1. The minimum atomic E-state index is -0.215. The van der Waals surface area contributed by atoms with E-state index in [9.17, 15) is 4.79 Å². The number of hydrogen-bond donors (Lipinski definition) is 1.